The minimum Gasteiger partial charge on any atom is -0.358 e. The fraction of sp³-hybridized carbons (Fsp3) is 0.214. The van der Waals surface area contributed by atoms with E-state index in [-0.39, 0.29) is 17.2 Å². The molecule has 132 valence electrons. The molecule has 0 bridgehead atoms. The van der Waals surface area contributed by atoms with Gasteiger partial charge in [-0.1, -0.05) is 17.7 Å². The Morgan fingerprint density at radius 2 is 1.80 bits per heavy atom. The number of nitrogens with zero attached hydrogens (tertiary/aromatic N) is 4. The largest absolute Gasteiger partial charge is 0.408 e. The zero-order chi connectivity index (χ0) is 18.4. The van der Waals surface area contributed by atoms with Gasteiger partial charge in [0, 0.05) is 0 Å². The molecule has 2 aromatic heterocycles. The molecule has 2 heterocycles. The lowest BCUT2D eigenvalue weighted by Crippen LogP contribution is -2.34. The highest BCUT2D eigenvalue weighted by atomic mass is 35.5. The molecule has 1 unspecified atom stereocenters. The van der Waals surface area contributed by atoms with E-state index in [1.807, 2.05) is 0 Å². The second kappa shape index (κ2) is 6.10. The van der Waals surface area contributed by atoms with E-state index >= 15 is 0 Å². The van der Waals surface area contributed by atoms with Gasteiger partial charge in [0.25, 0.3) is 5.78 Å². The van der Waals surface area contributed by atoms with Crippen molar-refractivity contribution >= 4 is 23.2 Å². The van der Waals surface area contributed by atoms with Crippen molar-refractivity contribution in [3.8, 4) is 11.1 Å². The highest BCUT2D eigenvalue weighted by Gasteiger charge is 2.37. The summed E-state index contributed by atoms with van der Waals surface area (Å²) in [4.78, 5) is 7.56. The van der Waals surface area contributed by atoms with Crippen LogP contribution in [0.2, 0.25) is 5.15 Å². The first-order valence-electron chi connectivity index (χ1n) is 6.87. The molecule has 0 aliphatic heterocycles. The molecule has 1 N–H and O–H groups in total. The number of hydrogen-bond acceptors (Lipinski definition) is 4. The summed E-state index contributed by atoms with van der Waals surface area (Å²) in [5, 5.41) is 5.49. The minimum absolute atomic E-state index is 0.123. The molecule has 3 rings (SSSR count). The summed E-state index contributed by atoms with van der Waals surface area (Å²) in [5.41, 5.74) is -0.999. The lowest BCUT2D eigenvalue weighted by atomic mass is 10.1. The minimum atomic E-state index is -4.62. The third-order valence-electron chi connectivity index (χ3n) is 3.44. The number of alkyl halides is 3. The van der Waals surface area contributed by atoms with Crippen LogP contribution >= 0.6 is 11.6 Å². The predicted octanol–water partition coefficient (Wildman–Crippen LogP) is 4.09. The van der Waals surface area contributed by atoms with Gasteiger partial charge in [0.2, 0.25) is 0 Å². The summed E-state index contributed by atoms with van der Waals surface area (Å²) >= 11 is 5.99. The van der Waals surface area contributed by atoms with E-state index in [0.29, 0.717) is 0 Å². The molecule has 11 heteroatoms. The van der Waals surface area contributed by atoms with Crippen LogP contribution < -0.4 is 5.32 Å². The number of fused-ring (bicyclic) bond motifs is 1. The molecule has 0 radical (unpaired) electrons. The van der Waals surface area contributed by atoms with Crippen LogP contribution in [0.25, 0.3) is 16.9 Å². The van der Waals surface area contributed by atoms with Crippen LogP contribution in [0.15, 0.2) is 24.5 Å². The Hall–Kier alpha value is -2.49. The van der Waals surface area contributed by atoms with Crippen molar-refractivity contribution in [1.82, 2.24) is 19.6 Å². The van der Waals surface area contributed by atoms with Gasteiger partial charge in [-0.15, -0.1) is 0 Å². The molecule has 5 nitrogen and oxygen atoms in total. The number of hydrogen-bond donors (Lipinski definition) is 1. The van der Waals surface area contributed by atoms with Crippen molar-refractivity contribution in [3.05, 3.63) is 41.3 Å². The monoisotopic (exact) mass is 377 g/mol. The zero-order valence-electron chi connectivity index (χ0n) is 12.4. The van der Waals surface area contributed by atoms with Crippen LogP contribution in [-0.2, 0) is 0 Å². The highest BCUT2D eigenvalue weighted by molar-refractivity contribution is 6.33. The smallest absolute Gasteiger partial charge is 0.358 e. The standard InChI is InChI=1S/C14H9ClF5N5/c1-6(14(18,19)20)23-12-10(9-7(16)3-2-4-8(9)17)11(15)24-13-21-5-22-25(12)13/h2-6,23H,1H3. The van der Waals surface area contributed by atoms with Crippen molar-refractivity contribution in [2.24, 2.45) is 0 Å². The van der Waals surface area contributed by atoms with Gasteiger partial charge in [-0.25, -0.2) is 8.78 Å². The van der Waals surface area contributed by atoms with E-state index < -0.39 is 34.6 Å². The first kappa shape index (κ1) is 17.3. The quantitative estimate of drug-likeness (QED) is 0.552. The second-order valence-corrected chi connectivity index (χ2v) is 5.46. The van der Waals surface area contributed by atoms with E-state index in [9.17, 15) is 22.0 Å². The fourth-order valence-electron chi connectivity index (χ4n) is 2.20. The van der Waals surface area contributed by atoms with E-state index in [1.54, 1.807) is 0 Å². The SMILES string of the molecule is CC(Nc1c(-c2c(F)cccc2F)c(Cl)nc2ncnn12)C(F)(F)F. The van der Waals surface area contributed by atoms with Crippen molar-refractivity contribution in [3.63, 3.8) is 0 Å². The van der Waals surface area contributed by atoms with E-state index in [4.69, 9.17) is 11.6 Å². The Morgan fingerprint density at radius 1 is 1.16 bits per heavy atom. The maximum absolute atomic E-state index is 14.2. The number of rotatable bonds is 3. The van der Waals surface area contributed by atoms with Crippen LogP contribution in [0.4, 0.5) is 27.8 Å². The number of aromatic nitrogens is 4. The third kappa shape index (κ3) is 3.09. The van der Waals surface area contributed by atoms with Gasteiger partial charge >= 0.3 is 6.18 Å². The Kier molecular flexibility index (Phi) is 4.23. The summed E-state index contributed by atoms with van der Waals surface area (Å²) in [5.74, 6) is -2.51. The van der Waals surface area contributed by atoms with Crippen molar-refractivity contribution in [2.45, 2.75) is 19.1 Å². The van der Waals surface area contributed by atoms with Crippen molar-refractivity contribution in [2.75, 3.05) is 5.32 Å². The molecule has 1 atom stereocenters. The first-order valence-corrected chi connectivity index (χ1v) is 7.25. The summed E-state index contributed by atoms with van der Waals surface area (Å²) < 4.78 is 68.1. The van der Waals surface area contributed by atoms with Gasteiger partial charge in [-0.05, 0) is 19.1 Å². The average molecular weight is 378 g/mol. The number of nitrogens with one attached hydrogen (secondary N) is 1. The first-order chi connectivity index (χ1) is 11.7. The maximum Gasteiger partial charge on any atom is 0.408 e. The summed E-state index contributed by atoms with van der Waals surface area (Å²) in [6.45, 7) is 0.846. The highest BCUT2D eigenvalue weighted by Crippen LogP contribution is 2.38. The molecule has 3 aromatic rings. The molecule has 0 aliphatic rings. The maximum atomic E-state index is 14.2. The molecular formula is C14H9ClF5N5. The summed E-state index contributed by atoms with van der Waals surface area (Å²) in [7, 11) is 0. The molecule has 25 heavy (non-hydrogen) atoms. The second-order valence-electron chi connectivity index (χ2n) is 5.10. The number of halogens is 6. The number of anilines is 1. The van der Waals surface area contributed by atoms with Crippen LogP contribution in [0.1, 0.15) is 6.92 Å². The lowest BCUT2D eigenvalue weighted by molar-refractivity contribution is -0.138. The molecule has 0 amide bonds. The third-order valence-corrected chi connectivity index (χ3v) is 3.71. The topological polar surface area (TPSA) is 55.1 Å². The molecule has 0 fully saturated rings. The van der Waals surface area contributed by atoms with Gasteiger partial charge in [0.1, 0.15) is 35.0 Å². The van der Waals surface area contributed by atoms with E-state index in [2.05, 4.69) is 20.4 Å². The van der Waals surface area contributed by atoms with Gasteiger partial charge in [-0.2, -0.15) is 32.8 Å². The predicted molar refractivity (Wildman–Crippen MR) is 80.3 cm³/mol. The van der Waals surface area contributed by atoms with Crippen LogP contribution in [0.3, 0.4) is 0 Å². The lowest BCUT2D eigenvalue weighted by Gasteiger charge is -2.21. The Labute approximate surface area is 142 Å². The van der Waals surface area contributed by atoms with Crippen LogP contribution in [0.5, 0.6) is 0 Å². The molecule has 0 saturated carbocycles. The average Bonchev–Trinajstić information content (AvgIpc) is 2.96. The van der Waals surface area contributed by atoms with E-state index in [1.165, 1.54) is 0 Å². The molecule has 1 aromatic carbocycles. The molecular weight excluding hydrogens is 369 g/mol. The van der Waals surface area contributed by atoms with Gasteiger partial charge in [0.05, 0.1) is 11.1 Å². The van der Waals surface area contributed by atoms with Gasteiger partial charge < -0.3 is 5.32 Å². The number of benzene rings is 1. The van der Waals surface area contributed by atoms with Crippen LogP contribution in [0, 0.1) is 11.6 Å². The zero-order valence-corrected chi connectivity index (χ0v) is 13.2. The summed E-state index contributed by atoms with van der Waals surface area (Å²) in [6, 6.07) is 0.982. The van der Waals surface area contributed by atoms with Crippen LogP contribution in [-0.4, -0.2) is 31.8 Å². The van der Waals surface area contributed by atoms with E-state index in [0.717, 1.165) is 36.0 Å². The van der Waals surface area contributed by atoms with Gasteiger partial charge in [-0.3, -0.25) is 0 Å². The summed E-state index contributed by atoms with van der Waals surface area (Å²) in [6.07, 6.45) is -3.59. The van der Waals surface area contributed by atoms with Crippen molar-refractivity contribution in [1.29, 1.82) is 0 Å². The molecule has 0 aliphatic carbocycles. The fourth-order valence-corrected chi connectivity index (χ4v) is 2.45. The molecule has 0 spiro atoms. The Morgan fingerprint density at radius 3 is 2.40 bits per heavy atom. The van der Waals surface area contributed by atoms with Gasteiger partial charge in [0.15, 0.2) is 0 Å². The Balaban J connectivity index is 2.31. The normalized spacial score (nSPS) is 13.2. The molecule has 0 saturated heterocycles. The Bertz CT molecular complexity index is 919. The van der Waals surface area contributed by atoms with Crippen molar-refractivity contribution < 1.29 is 22.0 Å².